The molecule has 0 radical (unpaired) electrons. The summed E-state index contributed by atoms with van der Waals surface area (Å²) in [5.41, 5.74) is 0.880. The van der Waals surface area contributed by atoms with Crippen molar-refractivity contribution >= 4 is 15.7 Å². The monoisotopic (exact) mass is 368 g/mol. The van der Waals surface area contributed by atoms with Crippen LogP contribution in [0, 0.1) is 0 Å². The number of sulfonamides is 1. The van der Waals surface area contributed by atoms with Crippen LogP contribution in [-0.4, -0.2) is 51.2 Å². The number of nitrogens with zero attached hydrogens (tertiary/aromatic N) is 1. The smallest absolute Gasteiger partial charge is 0.246 e. The third-order valence-corrected chi connectivity index (χ3v) is 6.71. The van der Waals surface area contributed by atoms with Gasteiger partial charge in [0.25, 0.3) is 0 Å². The van der Waals surface area contributed by atoms with Crippen LogP contribution in [0.5, 0.6) is 5.75 Å². The first-order chi connectivity index (χ1) is 11.9. The Bertz CT molecular complexity index is 693. The average molecular weight is 368 g/mol. The summed E-state index contributed by atoms with van der Waals surface area (Å²) in [5.74, 6) is 0.395. The summed E-state index contributed by atoms with van der Waals surface area (Å²) < 4.78 is 38.2. The van der Waals surface area contributed by atoms with Crippen LogP contribution in [0.25, 0.3) is 0 Å². The number of ether oxygens (including phenoxy) is 2. The van der Waals surface area contributed by atoms with Gasteiger partial charge in [-0.05, 0) is 51.7 Å². The first kappa shape index (κ1) is 18.5. The maximum atomic E-state index is 12.8. The zero-order chi connectivity index (χ0) is 18.0. The normalized spacial score (nSPS) is 24.3. The Morgan fingerprint density at radius 3 is 2.48 bits per heavy atom. The van der Waals surface area contributed by atoms with Crippen molar-refractivity contribution in [2.24, 2.45) is 0 Å². The molecule has 6 nitrogen and oxygen atoms in total. The molecular formula is C18H28N2O4S. The molecule has 0 bridgehead atoms. The second-order valence-electron chi connectivity index (χ2n) is 7.10. The molecule has 3 rings (SSSR count). The molecule has 140 valence electrons. The van der Waals surface area contributed by atoms with Crippen molar-refractivity contribution in [3.8, 4) is 5.75 Å². The van der Waals surface area contributed by atoms with Crippen molar-refractivity contribution < 1.29 is 17.9 Å². The fourth-order valence-electron chi connectivity index (χ4n) is 3.45. The summed E-state index contributed by atoms with van der Waals surface area (Å²) in [6.45, 7) is 5.27. The van der Waals surface area contributed by atoms with E-state index in [9.17, 15) is 8.42 Å². The van der Waals surface area contributed by atoms with Gasteiger partial charge in [0.15, 0.2) is 0 Å². The molecule has 0 atom stereocenters. The highest BCUT2D eigenvalue weighted by atomic mass is 32.2. The number of methoxy groups -OCH3 is 1. The van der Waals surface area contributed by atoms with E-state index in [0.717, 1.165) is 31.4 Å². The van der Waals surface area contributed by atoms with Crippen LogP contribution in [-0.2, 0) is 14.8 Å². The highest BCUT2D eigenvalue weighted by molar-refractivity contribution is 7.89. The lowest BCUT2D eigenvalue weighted by Crippen LogP contribution is -2.41. The van der Waals surface area contributed by atoms with Crippen LogP contribution < -0.4 is 10.1 Å². The van der Waals surface area contributed by atoms with Gasteiger partial charge >= 0.3 is 0 Å². The largest absolute Gasteiger partial charge is 0.495 e. The minimum absolute atomic E-state index is 0.247. The third kappa shape index (κ3) is 4.10. The van der Waals surface area contributed by atoms with Crippen LogP contribution >= 0.6 is 0 Å². The van der Waals surface area contributed by atoms with Gasteiger partial charge in [0.2, 0.25) is 10.0 Å². The molecule has 1 heterocycles. The second kappa shape index (κ2) is 7.51. The van der Waals surface area contributed by atoms with Crippen molar-refractivity contribution in [1.82, 2.24) is 4.31 Å². The Labute approximate surface area is 150 Å². The van der Waals surface area contributed by atoms with E-state index in [-0.39, 0.29) is 11.0 Å². The maximum absolute atomic E-state index is 12.8. The molecule has 2 fully saturated rings. The van der Waals surface area contributed by atoms with Gasteiger partial charge in [0, 0.05) is 30.9 Å². The van der Waals surface area contributed by atoms with Gasteiger partial charge in [-0.3, -0.25) is 0 Å². The molecule has 1 saturated carbocycles. The molecule has 1 N–H and O–H groups in total. The van der Waals surface area contributed by atoms with E-state index in [1.807, 2.05) is 19.9 Å². The van der Waals surface area contributed by atoms with E-state index in [1.54, 1.807) is 12.1 Å². The molecule has 1 aliphatic carbocycles. The molecule has 1 aliphatic heterocycles. The number of hydrogen-bond donors (Lipinski definition) is 1. The Hall–Kier alpha value is -1.31. The van der Waals surface area contributed by atoms with Gasteiger partial charge in [-0.2, -0.15) is 4.31 Å². The van der Waals surface area contributed by atoms with Crippen LogP contribution in [0.15, 0.2) is 23.1 Å². The molecule has 7 heteroatoms. The summed E-state index contributed by atoms with van der Waals surface area (Å²) in [6.07, 6.45) is 4.34. The standard InChI is InChI=1S/C18H28N2O4S/c1-13(2)24-16-10-15(11-16)19-14-6-7-18(17(12-14)23-3)25(21,22)20-8-4-5-9-20/h6-7,12-13,15-16,19H,4-5,8-11H2,1-3H3. The summed E-state index contributed by atoms with van der Waals surface area (Å²) in [4.78, 5) is 0.247. The summed E-state index contributed by atoms with van der Waals surface area (Å²) >= 11 is 0. The number of anilines is 1. The molecule has 0 spiro atoms. The lowest BCUT2D eigenvalue weighted by Gasteiger charge is -2.37. The molecule has 0 aromatic heterocycles. The van der Waals surface area contributed by atoms with E-state index < -0.39 is 10.0 Å². The number of nitrogens with one attached hydrogen (secondary N) is 1. The highest BCUT2D eigenvalue weighted by Gasteiger charge is 2.32. The Balaban J connectivity index is 1.68. The van der Waals surface area contributed by atoms with Crippen LogP contribution in [0.1, 0.15) is 39.5 Å². The number of benzene rings is 1. The van der Waals surface area contributed by atoms with Crippen molar-refractivity contribution in [3.63, 3.8) is 0 Å². The fourth-order valence-corrected chi connectivity index (χ4v) is 5.11. The van der Waals surface area contributed by atoms with Gasteiger partial charge in [0.1, 0.15) is 10.6 Å². The van der Waals surface area contributed by atoms with Crippen molar-refractivity contribution in [3.05, 3.63) is 18.2 Å². The predicted molar refractivity (Wildman–Crippen MR) is 97.6 cm³/mol. The molecule has 1 saturated heterocycles. The van der Waals surface area contributed by atoms with Crippen molar-refractivity contribution in [2.75, 3.05) is 25.5 Å². The van der Waals surface area contributed by atoms with E-state index >= 15 is 0 Å². The fraction of sp³-hybridized carbons (Fsp3) is 0.667. The summed E-state index contributed by atoms with van der Waals surface area (Å²) in [7, 11) is -1.97. The highest BCUT2D eigenvalue weighted by Crippen LogP contribution is 2.33. The van der Waals surface area contributed by atoms with Crippen molar-refractivity contribution in [2.45, 2.75) is 62.7 Å². The van der Waals surface area contributed by atoms with Gasteiger partial charge in [-0.15, -0.1) is 0 Å². The zero-order valence-electron chi connectivity index (χ0n) is 15.2. The molecule has 25 heavy (non-hydrogen) atoms. The lowest BCUT2D eigenvalue weighted by molar-refractivity contribution is -0.0400. The molecule has 0 unspecified atom stereocenters. The van der Waals surface area contributed by atoms with E-state index in [1.165, 1.54) is 11.4 Å². The maximum Gasteiger partial charge on any atom is 0.246 e. The first-order valence-electron chi connectivity index (χ1n) is 9.00. The first-order valence-corrected chi connectivity index (χ1v) is 10.4. The molecule has 1 aromatic rings. The summed E-state index contributed by atoms with van der Waals surface area (Å²) in [5, 5.41) is 3.44. The minimum Gasteiger partial charge on any atom is -0.495 e. The Kier molecular flexibility index (Phi) is 5.55. The third-order valence-electron chi connectivity index (χ3n) is 4.78. The molecular weight excluding hydrogens is 340 g/mol. The quantitative estimate of drug-likeness (QED) is 0.801. The van der Waals surface area contributed by atoms with E-state index in [2.05, 4.69) is 5.32 Å². The van der Waals surface area contributed by atoms with Crippen LogP contribution in [0.4, 0.5) is 5.69 Å². The van der Waals surface area contributed by atoms with E-state index in [4.69, 9.17) is 9.47 Å². The average Bonchev–Trinajstić information content (AvgIpc) is 3.07. The van der Waals surface area contributed by atoms with Crippen molar-refractivity contribution in [1.29, 1.82) is 0 Å². The second-order valence-corrected chi connectivity index (χ2v) is 9.00. The Morgan fingerprint density at radius 1 is 1.20 bits per heavy atom. The topological polar surface area (TPSA) is 67.9 Å². The summed E-state index contributed by atoms with van der Waals surface area (Å²) in [6, 6.07) is 5.60. The molecule has 2 aliphatic rings. The van der Waals surface area contributed by atoms with Gasteiger partial charge in [0.05, 0.1) is 19.3 Å². The van der Waals surface area contributed by atoms with Gasteiger partial charge in [-0.1, -0.05) is 0 Å². The van der Waals surface area contributed by atoms with Crippen LogP contribution in [0.2, 0.25) is 0 Å². The lowest BCUT2D eigenvalue weighted by atomic mass is 9.89. The SMILES string of the molecule is COc1cc(NC2CC(OC(C)C)C2)ccc1S(=O)(=O)N1CCCC1. The number of hydrogen-bond acceptors (Lipinski definition) is 5. The van der Waals surface area contributed by atoms with Gasteiger partial charge in [-0.25, -0.2) is 8.42 Å². The molecule has 1 aromatic carbocycles. The molecule has 0 amide bonds. The Morgan fingerprint density at radius 2 is 1.88 bits per heavy atom. The van der Waals surface area contributed by atoms with Gasteiger partial charge < -0.3 is 14.8 Å². The number of rotatable bonds is 7. The van der Waals surface area contributed by atoms with Crippen LogP contribution in [0.3, 0.4) is 0 Å². The minimum atomic E-state index is -3.48. The predicted octanol–water partition coefficient (Wildman–Crippen LogP) is 2.85. The zero-order valence-corrected chi connectivity index (χ0v) is 16.0. The van der Waals surface area contributed by atoms with E-state index in [0.29, 0.717) is 31.0 Å².